The van der Waals surface area contributed by atoms with Crippen LogP contribution in [0.2, 0.25) is 0 Å². The average Bonchev–Trinajstić information content (AvgIpc) is 2.97. The standard InChI is InChI=1S/C19H19N3O4S2/c1-12-3-5-14(6-4-12)28(25,26)11-18(24)21-19-16(9-20)15-7-8-22(13(2)23)10-17(15)27-19/h3-6H,7-8,10-11H2,1-2H3,(H,21,24). The summed E-state index contributed by atoms with van der Waals surface area (Å²) < 4.78 is 24.9. The number of anilines is 1. The molecule has 146 valence electrons. The molecule has 0 bridgehead atoms. The molecule has 0 aliphatic carbocycles. The summed E-state index contributed by atoms with van der Waals surface area (Å²) in [7, 11) is -3.78. The Labute approximate surface area is 167 Å². The first-order chi connectivity index (χ1) is 13.2. The number of nitrogens with one attached hydrogen (secondary N) is 1. The molecule has 0 fully saturated rings. The molecule has 28 heavy (non-hydrogen) atoms. The maximum Gasteiger partial charge on any atom is 0.240 e. The van der Waals surface area contributed by atoms with Gasteiger partial charge in [-0.3, -0.25) is 9.59 Å². The molecule has 9 heteroatoms. The predicted molar refractivity (Wildman–Crippen MR) is 106 cm³/mol. The number of hydrogen-bond acceptors (Lipinski definition) is 6. The van der Waals surface area contributed by atoms with E-state index < -0.39 is 21.5 Å². The molecule has 7 nitrogen and oxygen atoms in total. The highest BCUT2D eigenvalue weighted by atomic mass is 32.2. The first-order valence-electron chi connectivity index (χ1n) is 8.60. The molecule has 2 amide bonds. The number of carbonyl (C=O) groups is 2. The molecular formula is C19H19N3O4S2. The molecule has 2 aromatic rings. The summed E-state index contributed by atoms with van der Waals surface area (Å²) in [6, 6.07) is 8.39. The van der Waals surface area contributed by atoms with Crippen molar-refractivity contribution in [2.24, 2.45) is 0 Å². The second kappa shape index (κ2) is 7.73. The molecule has 0 saturated heterocycles. The third-order valence-electron chi connectivity index (χ3n) is 4.57. The largest absolute Gasteiger partial charge is 0.337 e. The van der Waals surface area contributed by atoms with Crippen molar-refractivity contribution in [3.05, 3.63) is 45.8 Å². The van der Waals surface area contributed by atoms with E-state index in [0.717, 1.165) is 16.0 Å². The Morgan fingerprint density at radius 1 is 1.29 bits per heavy atom. The van der Waals surface area contributed by atoms with Crippen LogP contribution in [-0.4, -0.2) is 37.4 Å². The predicted octanol–water partition coefficient (Wildman–Crippen LogP) is 2.25. The van der Waals surface area contributed by atoms with Crippen LogP contribution in [0.4, 0.5) is 5.00 Å². The van der Waals surface area contributed by atoms with Crippen molar-refractivity contribution in [2.75, 3.05) is 17.6 Å². The van der Waals surface area contributed by atoms with Crippen molar-refractivity contribution in [1.82, 2.24) is 4.90 Å². The molecule has 0 saturated carbocycles. The molecule has 0 radical (unpaired) electrons. The van der Waals surface area contributed by atoms with Gasteiger partial charge in [0.15, 0.2) is 9.84 Å². The Kier molecular flexibility index (Phi) is 5.54. The van der Waals surface area contributed by atoms with E-state index in [0.29, 0.717) is 30.1 Å². The van der Waals surface area contributed by atoms with E-state index in [1.807, 2.05) is 6.92 Å². The van der Waals surface area contributed by atoms with Crippen LogP contribution in [0.5, 0.6) is 0 Å². The molecule has 0 atom stereocenters. The average molecular weight is 418 g/mol. The lowest BCUT2D eigenvalue weighted by molar-refractivity contribution is -0.129. The van der Waals surface area contributed by atoms with E-state index in [4.69, 9.17) is 0 Å². The van der Waals surface area contributed by atoms with E-state index in [9.17, 15) is 23.3 Å². The molecule has 0 unspecified atom stereocenters. The smallest absolute Gasteiger partial charge is 0.240 e. The summed E-state index contributed by atoms with van der Waals surface area (Å²) in [6.07, 6.45) is 0.534. The minimum Gasteiger partial charge on any atom is -0.337 e. The van der Waals surface area contributed by atoms with Gasteiger partial charge in [0.25, 0.3) is 0 Å². The van der Waals surface area contributed by atoms with E-state index in [2.05, 4.69) is 11.4 Å². The molecule has 1 N–H and O–H groups in total. The highest BCUT2D eigenvalue weighted by Crippen LogP contribution is 2.36. The minimum absolute atomic E-state index is 0.0488. The second-order valence-electron chi connectivity index (χ2n) is 6.63. The van der Waals surface area contributed by atoms with E-state index in [-0.39, 0.29) is 10.8 Å². The first-order valence-corrected chi connectivity index (χ1v) is 11.1. The number of benzene rings is 1. The Hall–Kier alpha value is -2.70. The molecular weight excluding hydrogens is 398 g/mol. The van der Waals surface area contributed by atoms with Crippen LogP contribution in [-0.2, 0) is 32.4 Å². The van der Waals surface area contributed by atoms with Gasteiger partial charge in [-0.2, -0.15) is 5.26 Å². The fraction of sp³-hybridized carbons (Fsp3) is 0.316. The number of rotatable bonds is 4. The normalized spacial score (nSPS) is 13.5. The van der Waals surface area contributed by atoms with Crippen molar-refractivity contribution in [2.45, 2.75) is 31.7 Å². The quantitative estimate of drug-likeness (QED) is 0.821. The van der Waals surface area contributed by atoms with Gasteiger partial charge in [-0.15, -0.1) is 11.3 Å². The topological polar surface area (TPSA) is 107 Å². The summed E-state index contributed by atoms with van der Waals surface area (Å²) in [4.78, 5) is 26.5. The Morgan fingerprint density at radius 2 is 1.96 bits per heavy atom. The van der Waals surface area contributed by atoms with Crippen LogP contribution in [0, 0.1) is 18.3 Å². The van der Waals surface area contributed by atoms with Gasteiger partial charge >= 0.3 is 0 Å². The number of nitrogens with zero attached hydrogens (tertiary/aromatic N) is 2. The highest BCUT2D eigenvalue weighted by molar-refractivity contribution is 7.92. The highest BCUT2D eigenvalue weighted by Gasteiger charge is 2.27. The number of hydrogen-bond donors (Lipinski definition) is 1. The minimum atomic E-state index is -3.78. The molecule has 2 heterocycles. The van der Waals surface area contributed by atoms with Gasteiger partial charge in [0.2, 0.25) is 11.8 Å². The van der Waals surface area contributed by atoms with Gasteiger partial charge in [-0.05, 0) is 31.0 Å². The molecule has 1 aromatic carbocycles. The number of amides is 2. The fourth-order valence-corrected chi connectivity index (χ4v) is 5.41. The maximum absolute atomic E-state index is 12.4. The Morgan fingerprint density at radius 3 is 2.57 bits per heavy atom. The molecule has 1 aliphatic rings. The number of carbonyl (C=O) groups excluding carboxylic acids is 2. The number of fused-ring (bicyclic) bond motifs is 1. The van der Waals surface area contributed by atoms with E-state index in [1.165, 1.54) is 30.4 Å². The maximum atomic E-state index is 12.4. The lowest BCUT2D eigenvalue weighted by Gasteiger charge is -2.25. The van der Waals surface area contributed by atoms with Crippen LogP contribution in [0.1, 0.15) is 28.5 Å². The summed E-state index contributed by atoms with van der Waals surface area (Å²) in [5, 5.41) is 12.4. The van der Waals surface area contributed by atoms with Gasteiger partial charge in [0.05, 0.1) is 17.0 Å². The summed E-state index contributed by atoms with van der Waals surface area (Å²) in [5.41, 5.74) is 2.09. The third kappa shape index (κ3) is 4.08. The van der Waals surface area contributed by atoms with Crippen molar-refractivity contribution < 1.29 is 18.0 Å². The zero-order valence-electron chi connectivity index (χ0n) is 15.5. The van der Waals surface area contributed by atoms with Gasteiger partial charge in [0.1, 0.15) is 16.8 Å². The van der Waals surface area contributed by atoms with Crippen molar-refractivity contribution in [3.8, 4) is 6.07 Å². The van der Waals surface area contributed by atoms with Crippen LogP contribution >= 0.6 is 11.3 Å². The molecule has 3 rings (SSSR count). The van der Waals surface area contributed by atoms with E-state index in [1.54, 1.807) is 17.0 Å². The van der Waals surface area contributed by atoms with Crippen molar-refractivity contribution in [3.63, 3.8) is 0 Å². The number of thiophene rings is 1. The zero-order valence-corrected chi connectivity index (χ0v) is 17.1. The number of sulfone groups is 1. The Balaban J connectivity index is 1.78. The van der Waals surface area contributed by atoms with Crippen LogP contribution in [0.25, 0.3) is 0 Å². The third-order valence-corrected chi connectivity index (χ3v) is 7.33. The molecule has 1 aliphatic heterocycles. The number of nitriles is 1. The molecule has 0 spiro atoms. The van der Waals surface area contributed by atoms with Crippen LogP contribution < -0.4 is 5.32 Å². The lowest BCUT2D eigenvalue weighted by atomic mass is 10.0. The van der Waals surface area contributed by atoms with Gasteiger partial charge in [0, 0.05) is 18.3 Å². The first kappa shape index (κ1) is 20.0. The van der Waals surface area contributed by atoms with Crippen LogP contribution in [0.15, 0.2) is 29.2 Å². The van der Waals surface area contributed by atoms with E-state index >= 15 is 0 Å². The van der Waals surface area contributed by atoms with Crippen molar-refractivity contribution >= 4 is 38.0 Å². The summed E-state index contributed by atoms with van der Waals surface area (Å²) in [5.74, 6) is -1.45. The lowest BCUT2D eigenvalue weighted by Crippen LogP contribution is -2.33. The van der Waals surface area contributed by atoms with Gasteiger partial charge < -0.3 is 10.2 Å². The monoisotopic (exact) mass is 417 g/mol. The zero-order chi connectivity index (χ0) is 20.5. The molecule has 1 aromatic heterocycles. The summed E-state index contributed by atoms with van der Waals surface area (Å²) >= 11 is 1.22. The van der Waals surface area contributed by atoms with Crippen molar-refractivity contribution in [1.29, 1.82) is 5.26 Å². The Bertz CT molecular complexity index is 1080. The second-order valence-corrected chi connectivity index (χ2v) is 9.73. The fourth-order valence-electron chi connectivity index (χ4n) is 3.04. The van der Waals surface area contributed by atoms with Gasteiger partial charge in [-0.1, -0.05) is 17.7 Å². The number of aryl methyl sites for hydroxylation is 1. The summed E-state index contributed by atoms with van der Waals surface area (Å²) in [6.45, 7) is 4.24. The van der Waals surface area contributed by atoms with Gasteiger partial charge in [-0.25, -0.2) is 8.42 Å². The van der Waals surface area contributed by atoms with Crippen LogP contribution in [0.3, 0.4) is 0 Å². The SMILES string of the molecule is CC(=O)N1CCc2c(sc(NC(=O)CS(=O)(=O)c3ccc(C)cc3)c2C#N)C1.